The largest absolute Gasteiger partial charge is 0.337 e. The molecular formula is C20H20ClFN2O. The maximum Gasteiger partial charge on any atom is 0.246 e. The fraction of sp³-hybridized carbons (Fsp3) is 0.250. The number of hydrogen-bond donors (Lipinski definition) is 0. The number of carbonyl (C=O) groups is 1. The van der Waals surface area contributed by atoms with E-state index >= 15 is 0 Å². The summed E-state index contributed by atoms with van der Waals surface area (Å²) in [7, 11) is 0. The van der Waals surface area contributed by atoms with Crippen LogP contribution >= 0.6 is 11.6 Å². The number of piperazine rings is 1. The number of amides is 1. The molecule has 0 atom stereocenters. The SMILES string of the molecule is O=C(C=Cc1ccccc1Cl)N1CCN(Cc2ccccc2F)CC1. The summed E-state index contributed by atoms with van der Waals surface area (Å²) in [5.41, 5.74) is 1.52. The normalized spacial score (nSPS) is 15.7. The van der Waals surface area contributed by atoms with Crippen LogP contribution in [0.4, 0.5) is 4.39 Å². The summed E-state index contributed by atoms with van der Waals surface area (Å²) < 4.78 is 13.7. The first kappa shape index (κ1) is 17.6. The highest BCUT2D eigenvalue weighted by Gasteiger charge is 2.20. The lowest BCUT2D eigenvalue weighted by Crippen LogP contribution is -2.47. The molecule has 25 heavy (non-hydrogen) atoms. The lowest BCUT2D eigenvalue weighted by atomic mass is 10.2. The van der Waals surface area contributed by atoms with E-state index < -0.39 is 0 Å². The second kappa shape index (κ2) is 8.28. The number of halogens is 2. The highest BCUT2D eigenvalue weighted by Crippen LogP contribution is 2.17. The zero-order valence-corrected chi connectivity index (χ0v) is 14.6. The van der Waals surface area contributed by atoms with Gasteiger partial charge in [0.05, 0.1) is 0 Å². The van der Waals surface area contributed by atoms with E-state index in [1.165, 1.54) is 6.07 Å². The van der Waals surface area contributed by atoms with Crippen molar-refractivity contribution in [2.75, 3.05) is 26.2 Å². The highest BCUT2D eigenvalue weighted by atomic mass is 35.5. The van der Waals surface area contributed by atoms with Gasteiger partial charge in [0.25, 0.3) is 0 Å². The van der Waals surface area contributed by atoms with Crippen molar-refractivity contribution in [1.29, 1.82) is 0 Å². The Balaban J connectivity index is 1.53. The van der Waals surface area contributed by atoms with Gasteiger partial charge in [-0.2, -0.15) is 0 Å². The Labute approximate surface area is 152 Å². The maximum absolute atomic E-state index is 13.7. The zero-order chi connectivity index (χ0) is 17.6. The molecule has 130 valence electrons. The van der Waals surface area contributed by atoms with E-state index in [1.807, 2.05) is 29.2 Å². The van der Waals surface area contributed by atoms with Gasteiger partial charge in [0, 0.05) is 49.4 Å². The minimum Gasteiger partial charge on any atom is -0.337 e. The lowest BCUT2D eigenvalue weighted by Gasteiger charge is -2.34. The van der Waals surface area contributed by atoms with E-state index in [0.29, 0.717) is 30.2 Å². The van der Waals surface area contributed by atoms with E-state index in [4.69, 9.17) is 11.6 Å². The molecule has 0 aliphatic carbocycles. The topological polar surface area (TPSA) is 23.6 Å². The Hall–Kier alpha value is -2.17. The molecule has 0 saturated carbocycles. The standard InChI is InChI=1S/C20H20ClFN2O/c21-18-7-3-1-5-16(18)9-10-20(25)24-13-11-23(12-14-24)15-17-6-2-4-8-19(17)22/h1-10H,11-15H2. The van der Waals surface area contributed by atoms with Crippen LogP contribution in [0, 0.1) is 5.82 Å². The molecule has 1 fully saturated rings. The van der Waals surface area contributed by atoms with Crippen LogP contribution in [0.15, 0.2) is 54.6 Å². The van der Waals surface area contributed by atoms with Crippen molar-refractivity contribution < 1.29 is 9.18 Å². The maximum atomic E-state index is 13.7. The van der Waals surface area contributed by atoms with Crippen molar-refractivity contribution in [2.24, 2.45) is 0 Å². The Kier molecular flexibility index (Phi) is 5.84. The Morgan fingerprint density at radius 3 is 2.44 bits per heavy atom. The summed E-state index contributed by atoms with van der Waals surface area (Å²) in [4.78, 5) is 16.3. The van der Waals surface area contributed by atoms with Crippen molar-refractivity contribution in [2.45, 2.75) is 6.54 Å². The van der Waals surface area contributed by atoms with E-state index in [-0.39, 0.29) is 11.7 Å². The van der Waals surface area contributed by atoms with Gasteiger partial charge in [-0.3, -0.25) is 9.69 Å². The summed E-state index contributed by atoms with van der Waals surface area (Å²) in [6, 6.07) is 14.2. The first-order chi connectivity index (χ1) is 12.1. The summed E-state index contributed by atoms with van der Waals surface area (Å²) in [5.74, 6) is -0.200. The van der Waals surface area contributed by atoms with Crippen LogP contribution in [0.5, 0.6) is 0 Å². The van der Waals surface area contributed by atoms with Gasteiger partial charge in [-0.1, -0.05) is 48.0 Å². The average Bonchev–Trinajstić information content (AvgIpc) is 2.63. The molecule has 1 amide bonds. The Morgan fingerprint density at radius 2 is 1.72 bits per heavy atom. The fourth-order valence-electron chi connectivity index (χ4n) is 2.87. The summed E-state index contributed by atoms with van der Waals surface area (Å²) in [6.07, 6.45) is 3.31. The minimum absolute atomic E-state index is 0.0227. The van der Waals surface area contributed by atoms with Crippen LogP contribution in [0.1, 0.15) is 11.1 Å². The van der Waals surface area contributed by atoms with Gasteiger partial charge in [-0.15, -0.1) is 0 Å². The molecule has 0 bridgehead atoms. The van der Waals surface area contributed by atoms with E-state index in [9.17, 15) is 9.18 Å². The summed E-state index contributed by atoms with van der Waals surface area (Å²) >= 11 is 6.09. The van der Waals surface area contributed by atoms with Gasteiger partial charge >= 0.3 is 0 Å². The van der Waals surface area contributed by atoms with E-state index in [1.54, 1.807) is 30.4 Å². The number of rotatable bonds is 4. The minimum atomic E-state index is -0.177. The van der Waals surface area contributed by atoms with Gasteiger partial charge in [0.2, 0.25) is 5.91 Å². The molecule has 2 aromatic rings. The van der Waals surface area contributed by atoms with Gasteiger partial charge in [0.1, 0.15) is 5.82 Å². The molecule has 1 saturated heterocycles. The van der Waals surface area contributed by atoms with Gasteiger partial charge < -0.3 is 4.90 Å². The number of hydrogen-bond acceptors (Lipinski definition) is 2. The predicted molar refractivity (Wildman–Crippen MR) is 98.7 cm³/mol. The van der Waals surface area contributed by atoms with Crippen LogP contribution in [0.2, 0.25) is 5.02 Å². The molecule has 1 heterocycles. The molecule has 0 aromatic heterocycles. The van der Waals surface area contributed by atoms with Crippen LogP contribution in [0.25, 0.3) is 6.08 Å². The second-order valence-corrected chi connectivity index (χ2v) is 6.45. The molecule has 1 aliphatic heterocycles. The third kappa shape index (κ3) is 4.68. The zero-order valence-electron chi connectivity index (χ0n) is 13.9. The quantitative estimate of drug-likeness (QED) is 0.775. The number of carbonyl (C=O) groups excluding carboxylic acids is 1. The molecule has 3 nitrogen and oxygen atoms in total. The lowest BCUT2D eigenvalue weighted by molar-refractivity contribution is -0.127. The third-order valence-electron chi connectivity index (χ3n) is 4.35. The van der Waals surface area contributed by atoms with E-state index in [0.717, 1.165) is 18.7 Å². The van der Waals surface area contributed by atoms with Crippen LogP contribution in [-0.4, -0.2) is 41.9 Å². The summed E-state index contributed by atoms with van der Waals surface area (Å²) in [5, 5.41) is 0.626. The van der Waals surface area contributed by atoms with Crippen LogP contribution in [0.3, 0.4) is 0 Å². The Morgan fingerprint density at radius 1 is 1.04 bits per heavy atom. The van der Waals surface area contributed by atoms with Gasteiger partial charge in [-0.05, 0) is 23.8 Å². The molecule has 0 unspecified atom stereocenters. The van der Waals surface area contributed by atoms with Crippen molar-refractivity contribution in [3.05, 3.63) is 76.6 Å². The monoisotopic (exact) mass is 358 g/mol. The molecule has 0 spiro atoms. The summed E-state index contributed by atoms with van der Waals surface area (Å²) in [6.45, 7) is 3.32. The molecule has 1 aliphatic rings. The first-order valence-corrected chi connectivity index (χ1v) is 8.68. The first-order valence-electron chi connectivity index (χ1n) is 8.31. The second-order valence-electron chi connectivity index (χ2n) is 6.05. The van der Waals surface area contributed by atoms with Crippen LogP contribution < -0.4 is 0 Å². The molecule has 2 aromatic carbocycles. The smallest absolute Gasteiger partial charge is 0.246 e. The van der Waals surface area contributed by atoms with Crippen molar-refractivity contribution in [3.8, 4) is 0 Å². The molecule has 0 N–H and O–H groups in total. The molecule has 0 radical (unpaired) electrons. The highest BCUT2D eigenvalue weighted by molar-refractivity contribution is 6.32. The van der Waals surface area contributed by atoms with Crippen molar-refractivity contribution in [1.82, 2.24) is 9.80 Å². The van der Waals surface area contributed by atoms with Crippen molar-refractivity contribution >= 4 is 23.6 Å². The predicted octanol–water partition coefficient (Wildman–Crippen LogP) is 3.84. The van der Waals surface area contributed by atoms with Crippen LogP contribution in [-0.2, 0) is 11.3 Å². The third-order valence-corrected chi connectivity index (χ3v) is 4.69. The fourth-order valence-corrected chi connectivity index (χ4v) is 3.07. The van der Waals surface area contributed by atoms with Crippen molar-refractivity contribution in [3.63, 3.8) is 0 Å². The molecule has 5 heteroatoms. The Bertz CT molecular complexity index is 770. The van der Waals surface area contributed by atoms with E-state index in [2.05, 4.69) is 4.90 Å². The number of benzene rings is 2. The van der Waals surface area contributed by atoms with Gasteiger partial charge in [-0.25, -0.2) is 4.39 Å². The van der Waals surface area contributed by atoms with Gasteiger partial charge in [0.15, 0.2) is 0 Å². The number of nitrogens with zero attached hydrogens (tertiary/aromatic N) is 2. The average molecular weight is 359 g/mol. The molecular weight excluding hydrogens is 339 g/mol. The molecule has 3 rings (SSSR count).